The highest BCUT2D eigenvalue weighted by Gasteiger charge is 2.27. The molecule has 2 saturated heterocycles. The van der Waals surface area contributed by atoms with Gasteiger partial charge in [-0.1, -0.05) is 18.6 Å². The minimum atomic E-state index is 0.0407. The van der Waals surface area contributed by atoms with Crippen LogP contribution in [-0.2, 0) is 7.05 Å². The molecule has 3 heterocycles. The smallest absolute Gasteiger partial charge is 0.257 e. The largest absolute Gasteiger partial charge is 0.453 e. The number of nitrogens with zero attached hydrogens (tertiary/aromatic N) is 5. The number of aryl methyl sites for hydroxylation is 1. The summed E-state index contributed by atoms with van der Waals surface area (Å²) in [6, 6.07) is 8.12. The van der Waals surface area contributed by atoms with Crippen molar-refractivity contribution in [3.05, 3.63) is 42.2 Å². The summed E-state index contributed by atoms with van der Waals surface area (Å²) in [4.78, 5) is 20.1. The van der Waals surface area contributed by atoms with Crippen molar-refractivity contribution in [3.8, 4) is 11.5 Å². The van der Waals surface area contributed by atoms with Gasteiger partial charge >= 0.3 is 0 Å². The summed E-state index contributed by atoms with van der Waals surface area (Å²) in [6.45, 7) is 5.70. The van der Waals surface area contributed by atoms with Crippen LogP contribution in [0.25, 0.3) is 0 Å². The molecule has 2 aliphatic heterocycles. The number of amides is 1. The number of likely N-dealkylation sites (tertiary alicyclic amines) is 1. The summed E-state index contributed by atoms with van der Waals surface area (Å²) in [5.41, 5.74) is 0.608. The Morgan fingerprint density at radius 3 is 2.62 bits per heavy atom. The van der Waals surface area contributed by atoms with E-state index in [0.29, 0.717) is 23.1 Å². The van der Waals surface area contributed by atoms with Gasteiger partial charge in [-0.15, -0.1) is 0 Å². The van der Waals surface area contributed by atoms with Crippen LogP contribution in [0.3, 0.4) is 0 Å². The molecule has 7 heteroatoms. The second kappa shape index (κ2) is 8.97. The van der Waals surface area contributed by atoms with E-state index < -0.39 is 0 Å². The van der Waals surface area contributed by atoms with E-state index in [1.807, 2.05) is 36.2 Å². The van der Waals surface area contributed by atoms with E-state index in [4.69, 9.17) is 4.74 Å². The van der Waals surface area contributed by atoms with Gasteiger partial charge in [0.05, 0.1) is 18.0 Å². The zero-order valence-electron chi connectivity index (χ0n) is 17.5. The van der Waals surface area contributed by atoms with E-state index in [1.165, 1.54) is 25.8 Å². The van der Waals surface area contributed by atoms with Crippen molar-refractivity contribution in [2.45, 2.75) is 25.3 Å². The molecular formula is C22H31N5O2. The van der Waals surface area contributed by atoms with Crippen LogP contribution in [0.15, 0.2) is 36.7 Å². The predicted molar refractivity (Wildman–Crippen MR) is 112 cm³/mol. The quantitative estimate of drug-likeness (QED) is 0.776. The first kappa shape index (κ1) is 19.9. The van der Waals surface area contributed by atoms with Gasteiger partial charge in [0, 0.05) is 45.8 Å². The van der Waals surface area contributed by atoms with E-state index in [1.54, 1.807) is 17.1 Å². The van der Waals surface area contributed by atoms with Crippen molar-refractivity contribution in [1.29, 1.82) is 0 Å². The zero-order chi connectivity index (χ0) is 20.2. The molecule has 2 fully saturated rings. The molecule has 2 aliphatic rings. The Kier molecular flexibility index (Phi) is 6.16. The number of benzene rings is 1. The Morgan fingerprint density at radius 1 is 1.10 bits per heavy atom. The number of aromatic nitrogens is 2. The lowest BCUT2D eigenvalue weighted by Gasteiger charge is -2.40. The van der Waals surface area contributed by atoms with Gasteiger partial charge < -0.3 is 14.5 Å². The molecule has 156 valence electrons. The molecule has 7 nitrogen and oxygen atoms in total. The SMILES string of the molecule is CN1CCCCC1CN1CCN(C(=O)c2ccccc2Oc2cnn(C)c2)CC1. The summed E-state index contributed by atoms with van der Waals surface area (Å²) in [7, 11) is 4.08. The Labute approximate surface area is 172 Å². The summed E-state index contributed by atoms with van der Waals surface area (Å²) < 4.78 is 7.61. The fourth-order valence-electron chi connectivity index (χ4n) is 4.29. The first-order valence-electron chi connectivity index (χ1n) is 10.6. The van der Waals surface area contributed by atoms with Gasteiger partial charge in [-0.25, -0.2) is 0 Å². The van der Waals surface area contributed by atoms with Crippen LogP contribution in [0.5, 0.6) is 11.5 Å². The average Bonchev–Trinajstić information content (AvgIpc) is 3.15. The van der Waals surface area contributed by atoms with Crippen LogP contribution in [0.1, 0.15) is 29.6 Å². The van der Waals surface area contributed by atoms with Crippen LogP contribution in [0.2, 0.25) is 0 Å². The third kappa shape index (κ3) is 4.79. The topological polar surface area (TPSA) is 53.8 Å². The number of likely N-dealkylation sites (N-methyl/N-ethyl adjacent to an activating group) is 1. The molecule has 1 aromatic heterocycles. The van der Waals surface area contributed by atoms with Crippen LogP contribution in [0, 0.1) is 0 Å². The number of para-hydroxylation sites is 1. The van der Waals surface area contributed by atoms with Crippen molar-refractivity contribution in [1.82, 2.24) is 24.5 Å². The Hall–Kier alpha value is -2.38. The first-order chi connectivity index (χ1) is 14.1. The second-order valence-corrected chi connectivity index (χ2v) is 8.17. The van der Waals surface area contributed by atoms with E-state index >= 15 is 0 Å². The van der Waals surface area contributed by atoms with Gasteiger partial charge in [-0.3, -0.25) is 14.4 Å². The summed E-state index contributed by atoms with van der Waals surface area (Å²) in [5, 5.41) is 4.13. The molecule has 0 saturated carbocycles. The lowest BCUT2D eigenvalue weighted by atomic mass is 10.0. The van der Waals surface area contributed by atoms with Gasteiger partial charge in [0.15, 0.2) is 5.75 Å². The third-order valence-electron chi connectivity index (χ3n) is 6.08. The maximum absolute atomic E-state index is 13.2. The summed E-state index contributed by atoms with van der Waals surface area (Å²) in [5.74, 6) is 1.25. The molecule has 0 radical (unpaired) electrons. The van der Waals surface area contributed by atoms with Crippen molar-refractivity contribution < 1.29 is 9.53 Å². The van der Waals surface area contributed by atoms with E-state index in [0.717, 1.165) is 32.7 Å². The number of carbonyl (C=O) groups excluding carboxylic acids is 1. The Balaban J connectivity index is 1.36. The zero-order valence-corrected chi connectivity index (χ0v) is 17.5. The normalized spacial score (nSPS) is 21.3. The van der Waals surface area contributed by atoms with Gasteiger partial charge in [0.2, 0.25) is 0 Å². The lowest BCUT2D eigenvalue weighted by Crippen LogP contribution is -2.53. The number of hydrogen-bond acceptors (Lipinski definition) is 5. The Bertz CT molecular complexity index is 828. The highest BCUT2D eigenvalue weighted by molar-refractivity contribution is 5.97. The summed E-state index contributed by atoms with van der Waals surface area (Å²) >= 11 is 0. The fourth-order valence-corrected chi connectivity index (χ4v) is 4.29. The highest BCUT2D eigenvalue weighted by Crippen LogP contribution is 2.26. The van der Waals surface area contributed by atoms with E-state index in [9.17, 15) is 4.79 Å². The minimum absolute atomic E-state index is 0.0407. The molecule has 1 amide bonds. The molecule has 0 N–H and O–H groups in total. The van der Waals surface area contributed by atoms with Gasteiger partial charge in [0.25, 0.3) is 5.91 Å². The van der Waals surface area contributed by atoms with E-state index in [2.05, 4.69) is 21.9 Å². The minimum Gasteiger partial charge on any atom is -0.453 e. The number of piperidine rings is 1. The standard InChI is InChI=1S/C22H31N5O2/c1-24-10-6-5-7-18(24)16-26-11-13-27(14-12-26)22(28)20-8-3-4-9-21(20)29-19-15-23-25(2)17-19/h3-4,8-9,15,17-18H,5-7,10-14,16H2,1-2H3. The maximum atomic E-state index is 13.2. The monoisotopic (exact) mass is 397 g/mol. The average molecular weight is 398 g/mol. The Morgan fingerprint density at radius 2 is 1.90 bits per heavy atom. The molecule has 0 aliphatic carbocycles. The number of ether oxygens (including phenoxy) is 1. The van der Waals surface area contributed by atoms with Crippen molar-refractivity contribution in [3.63, 3.8) is 0 Å². The number of carbonyl (C=O) groups is 1. The molecule has 1 aromatic carbocycles. The van der Waals surface area contributed by atoms with E-state index in [-0.39, 0.29) is 5.91 Å². The van der Waals surface area contributed by atoms with Crippen molar-refractivity contribution in [2.75, 3.05) is 46.3 Å². The first-order valence-corrected chi connectivity index (χ1v) is 10.6. The molecule has 29 heavy (non-hydrogen) atoms. The molecular weight excluding hydrogens is 366 g/mol. The van der Waals surface area contributed by atoms with Crippen LogP contribution in [-0.4, -0.2) is 82.7 Å². The van der Waals surface area contributed by atoms with Crippen LogP contribution < -0.4 is 4.74 Å². The molecule has 0 spiro atoms. The summed E-state index contributed by atoms with van der Waals surface area (Å²) in [6.07, 6.45) is 7.39. The van der Waals surface area contributed by atoms with Gasteiger partial charge in [-0.05, 0) is 38.6 Å². The van der Waals surface area contributed by atoms with Crippen molar-refractivity contribution in [2.24, 2.45) is 7.05 Å². The molecule has 0 bridgehead atoms. The maximum Gasteiger partial charge on any atom is 0.257 e. The number of rotatable bonds is 5. The molecule has 2 aromatic rings. The van der Waals surface area contributed by atoms with Gasteiger partial charge in [-0.2, -0.15) is 5.10 Å². The number of hydrogen-bond donors (Lipinski definition) is 0. The molecule has 1 atom stereocenters. The molecule has 4 rings (SSSR count). The predicted octanol–water partition coefficient (Wildman–Crippen LogP) is 2.45. The van der Waals surface area contributed by atoms with Gasteiger partial charge in [0.1, 0.15) is 5.75 Å². The van der Waals surface area contributed by atoms with Crippen molar-refractivity contribution >= 4 is 5.91 Å². The van der Waals surface area contributed by atoms with Crippen LogP contribution >= 0.6 is 0 Å². The highest BCUT2D eigenvalue weighted by atomic mass is 16.5. The van der Waals surface area contributed by atoms with Crippen LogP contribution in [0.4, 0.5) is 0 Å². The lowest BCUT2D eigenvalue weighted by molar-refractivity contribution is 0.0563. The number of piperazine rings is 1. The second-order valence-electron chi connectivity index (χ2n) is 8.17. The molecule has 1 unspecified atom stereocenters. The fraction of sp³-hybridized carbons (Fsp3) is 0.545. The third-order valence-corrected chi connectivity index (χ3v) is 6.08.